The molecule has 0 saturated heterocycles. The third-order valence-electron chi connectivity index (χ3n) is 4.09. The van der Waals surface area contributed by atoms with Gasteiger partial charge in [0.15, 0.2) is 5.13 Å². The average Bonchev–Trinajstić information content (AvgIpc) is 3.01. The van der Waals surface area contributed by atoms with Gasteiger partial charge in [-0.25, -0.2) is 13.4 Å². The van der Waals surface area contributed by atoms with E-state index in [1.54, 1.807) is 18.2 Å². The van der Waals surface area contributed by atoms with Gasteiger partial charge in [0.25, 0.3) is 15.9 Å². The number of sulfonamides is 1. The summed E-state index contributed by atoms with van der Waals surface area (Å²) in [6, 6.07) is 5.84. The Morgan fingerprint density at radius 3 is 2.58 bits per heavy atom. The summed E-state index contributed by atoms with van der Waals surface area (Å²) in [6.45, 7) is 7.54. The van der Waals surface area contributed by atoms with E-state index in [0.29, 0.717) is 10.7 Å². The second-order valence-corrected chi connectivity index (χ2v) is 9.27. The van der Waals surface area contributed by atoms with E-state index in [9.17, 15) is 13.2 Å². The molecule has 2 aromatic rings. The van der Waals surface area contributed by atoms with Crippen LogP contribution in [0.2, 0.25) is 0 Å². The summed E-state index contributed by atoms with van der Waals surface area (Å²) in [4.78, 5) is 22.7. The van der Waals surface area contributed by atoms with E-state index >= 15 is 0 Å². The van der Waals surface area contributed by atoms with Gasteiger partial charge in [0, 0.05) is 10.4 Å². The van der Waals surface area contributed by atoms with E-state index in [4.69, 9.17) is 0 Å². The first-order valence-electron chi connectivity index (χ1n) is 8.14. The van der Waals surface area contributed by atoms with Gasteiger partial charge in [-0.1, -0.05) is 26.0 Å². The lowest BCUT2D eigenvalue weighted by atomic mass is 10.0. The number of thiazole rings is 1. The number of nitrogens with one attached hydrogen (secondary N) is 2. The van der Waals surface area contributed by atoms with Crippen molar-refractivity contribution >= 4 is 38.2 Å². The third kappa shape index (κ3) is 3.49. The van der Waals surface area contributed by atoms with E-state index < -0.39 is 16.1 Å². The number of amidine groups is 1. The molecule has 0 aliphatic carbocycles. The van der Waals surface area contributed by atoms with Crippen LogP contribution in [0.4, 0.5) is 5.13 Å². The van der Waals surface area contributed by atoms with Crippen molar-refractivity contribution in [1.29, 1.82) is 0 Å². The van der Waals surface area contributed by atoms with Crippen LogP contribution in [0.5, 0.6) is 0 Å². The summed E-state index contributed by atoms with van der Waals surface area (Å²) in [5.74, 6) is -0.243. The van der Waals surface area contributed by atoms with Gasteiger partial charge in [-0.05, 0) is 31.9 Å². The normalized spacial score (nSPS) is 17.8. The first-order valence-corrected chi connectivity index (χ1v) is 10.4. The molecule has 0 fully saturated rings. The van der Waals surface area contributed by atoms with Crippen LogP contribution in [0.15, 0.2) is 34.2 Å². The van der Waals surface area contributed by atoms with Crippen molar-refractivity contribution in [2.45, 2.75) is 38.6 Å². The van der Waals surface area contributed by atoms with Gasteiger partial charge >= 0.3 is 0 Å². The van der Waals surface area contributed by atoms with Gasteiger partial charge in [-0.2, -0.15) is 0 Å². The lowest BCUT2D eigenvalue weighted by molar-refractivity contribution is -0.118. The van der Waals surface area contributed by atoms with E-state index in [1.807, 2.05) is 27.7 Å². The van der Waals surface area contributed by atoms with Crippen molar-refractivity contribution in [2.75, 3.05) is 5.32 Å². The Morgan fingerprint density at radius 1 is 1.27 bits per heavy atom. The highest BCUT2D eigenvalue weighted by molar-refractivity contribution is 7.90. The number of benzene rings is 1. The second kappa shape index (κ2) is 6.81. The average molecular weight is 393 g/mol. The lowest BCUT2D eigenvalue weighted by Crippen LogP contribution is -2.34. The molecule has 0 unspecified atom stereocenters. The molecule has 0 saturated carbocycles. The van der Waals surface area contributed by atoms with Crippen LogP contribution in [0, 0.1) is 19.8 Å². The zero-order chi connectivity index (χ0) is 19.1. The predicted octanol–water partition coefficient (Wildman–Crippen LogP) is 2.46. The maximum Gasteiger partial charge on any atom is 0.263 e. The Balaban J connectivity index is 1.92. The monoisotopic (exact) mass is 392 g/mol. The molecule has 1 aromatic carbocycles. The summed E-state index contributed by atoms with van der Waals surface area (Å²) in [5, 5.41) is 3.30. The SMILES string of the molecule is Cc1nc(NC(=O)[C@@H](N=C2NS(=O)(=O)c3ccccc32)C(C)C)sc1C. The summed E-state index contributed by atoms with van der Waals surface area (Å²) in [6.07, 6.45) is 0. The third-order valence-corrected chi connectivity index (χ3v) is 6.48. The van der Waals surface area contributed by atoms with Crippen LogP contribution < -0.4 is 10.0 Å². The summed E-state index contributed by atoms with van der Waals surface area (Å²) >= 11 is 1.40. The zero-order valence-corrected chi connectivity index (χ0v) is 16.5. The molecule has 138 valence electrons. The standard InChI is InChI=1S/C17H20N4O3S2/c1-9(2)14(16(22)20-17-18-10(3)11(4)25-17)19-15-12-7-5-6-8-13(12)26(23,24)21-15/h5-9,14H,1-4H3,(H,19,21)(H,18,20,22)/t14-/m0/s1. The van der Waals surface area contributed by atoms with Crippen molar-refractivity contribution in [2.24, 2.45) is 10.9 Å². The summed E-state index contributed by atoms with van der Waals surface area (Å²) in [5.41, 5.74) is 1.35. The fourth-order valence-electron chi connectivity index (χ4n) is 2.58. The molecule has 9 heteroatoms. The highest BCUT2D eigenvalue weighted by Gasteiger charge is 2.32. The first-order chi connectivity index (χ1) is 12.2. The number of carbonyl (C=O) groups excluding carboxylic acids is 1. The number of fused-ring (bicyclic) bond motifs is 1. The second-order valence-electron chi connectivity index (χ2n) is 6.42. The molecule has 0 radical (unpaired) electrons. The van der Waals surface area contributed by atoms with Crippen molar-refractivity contribution < 1.29 is 13.2 Å². The maximum absolute atomic E-state index is 12.7. The van der Waals surface area contributed by atoms with Crippen LogP contribution in [0.3, 0.4) is 0 Å². The molecule has 2 N–H and O–H groups in total. The van der Waals surface area contributed by atoms with Crippen molar-refractivity contribution in [3.05, 3.63) is 40.4 Å². The first kappa shape index (κ1) is 18.5. The number of carbonyl (C=O) groups is 1. The van der Waals surface area contributed by atoms with Gasteiger partial charge in [0.05, 0.1) is 10.6 Å². The van der Waals surface area contributed by atoms with Gasteiger partial charge < -0.3 is 5.32 Å². The van der Waals surface area contributed by atoms with Crippen molar-refractivity contribution in [3.8, 4) is 0 Å². The van der Waals surface area contributed by atoms with Gasteiger partial charge in [-0.15, -0.1) is 11.3 Å². The van der Waals surface area contributed by atoms with Crippen molar-refractivity contribution in [1.82, 2.24) is 9.71 Å². The molecule has 1 aliphatic heterocycles. The fraction of sp³-hybridized carbons (Fsp3) is 0.353. The Morgan fingerprint density at radius 2 is 1.96 bits per heavy atom. The molecular formula is C17H20N4O3S2. The summed E-state index contributed by atoms with van der Waals surface area (Å²) in [7, 11) is -3.64. The molecule has 3 rings (SSSR count). The molecular weight excluding hydrogens is 372 g/mol. The van der Waals surface area contributed by atoms with E-state index in [2.05, 4.69) is 20.0 Å². The van der Waals surface area contributed by atoms with Crippen molar-refractivity contribution in [3.63, 3.8) is 0 Å². The number of nitrogens with zero attached hydrogens (tertiary/aromatic N) is 2. The largest absolute Gasteiger partial charge is 0.300 e. The van der Waals surface area contributed by atoms with Crippen LogP contribution >= 0.6 is 11.3 Å². The number of hydrogen-bond acceptors (Lipinski definition) is 6. The molecule has 1 atom stereocenters. The molecule has 1 amide bonds. The minimum Gasteiger partial charge on any atom is -0.300 e. The maximum atomic E-state index is 12.7. The molecule has 0 spiro atoms. The minimum atomic E-state index is -3.64. The van der Waals surface area contributed by atoms with Crippen LogP contribution in [0.25, 0.3) is 0 Å². The Bertz CT molecular complexity index is 974. The molecule has 1 aromatic heterocycles. The highest BCUT2D eigenvalue weighted by atomic mass is 32.2. The zero-order valence-electron chi connectivity index (χ0n) is 14.9. The number of rotatable bonds is 4. The van der Waals surface area contributed by atoms with E-state index in [1.165, 1.54) is 17.4 Å². The number of aliphatic imine (C=N–C) groups is 1. The van der Waals surface area contributed by atoms with Gasteiger partial charge in [0.1, 0.15) is 11.9 Å². The summed E-state index contributed by atoms with van der Waals surface area (Å²) < 4.78 is 26.9. The predicted molar refractivity (Wildman–Crippen MR) is 102 cm³/mol. The van der Waals surface area contributed by atoms with Crippen LogP contribution in [0.1, 0.15) is 30.0 Å². The molecule has 2 heterocycles. The fourth-order valence-corrected chi connectivity index (χ4v) is 4.64. The minimum absolute atomic E-state index is 0.123. The molecule has 26 heavy (non-hydrogen) atoms. The van der Waals surface area contributed by atoms with Crippen LogP contribution in [-0.4, -0.2) is 31.2 Å². The van der Waals surface area contributed by atoms with E-state index in [0.717, 1.165) is 10.6 Å². The van der Waals surface area contributed by atoms with E-state index in [-0.39, 0.29) is 22.6 Å². The van der Waals surface area contributed by atoms with Gasteiger partial charge in [-0.3, -0.25) is 14.5 Å². The number of aromatic nitrogens is 1. The molecule has 7 nitrogen and oxygen atoms in total. The Kier molecular flexibility index (Phi) is 4.85. The quantitative estimate of drug-likeness (QED) is 0.835. The highest BCUT2D eigenvalue weighted by Crippen LogP contribution is 2.25. The topological polar surface area (TPSA) is 101 Å². The molecule has 0 bridgehead atoms. The lowest BCUT2D eigenvalue weighted by Gasteiger charge is -2.16. The Labute approximate surface area is 156 Å². The number of aryl methyl sites for hydroxylation is 2. The number of anilines is 1. The molecule has 1 aliphatic rings. The smallest absolute Gasteiger partial charge is 0.263 e. The Hall–Kier alpha value is -2.26. The van der Waals surface area contributed by atoms with Gasteiger partial charge in [0.2, 0.25) is 0 Å². The number of hydrogen-bond donors (Lipinski definition) is 2. The number of amides is 1. The van der Waals surface area contributed by atoms with Crippen LogP contribution in [-0.2, 0) is 14.8 Å².